The average molecular weight is 350 g/mol. The minimum atomic E-state index is 0.258. The number of benzene rings is 1. The monoisotopic (exact) mass is 349 g/mol. The largest absolute Gasteiger partial charge is 0.459 e. The molecule has 1 aliphatic rings. The van der Waals surface area contributed by atoms with Gasteiger partial charge < -0.3 is 9.73 Å². The Balaban J connectivity index is 1.69. The normalized spacial score (nSPS) is 19.8. The Kier molecular flexibility index (Phi) is 4.70. The van der Waals surface area contributed by atoms with E-state index in [2.05, 4.69) is 47.2 Å². The highest BCUT2D eigenvalue weighted by Crippen LogP contribution is 2.30. The molecule has 1 aromatic carbocycles. The van der Waals surface area contributed by atoms with Crippen LogP contribution in [0.5, 0.6) is 0 Å². The molecule has 0 bridgehead atoms. The van der Waals surface area contributed by atoms with Gasteiger partial charge in [-0.15, -0.1) is 0 Å². The topological polar surface area (TPSA) is 25.2 Å². The summed E-state index contributed by atoms with van der Waals surface area (Å²) in [5.41, 5.74) is 0.965. The first-order chi connectivity index (χ1) is 10.1. The standard InChI is InChI=1S/C18H24BrNO/c1-12(14-6-4-3-5-7-14)20-13(2)18-11-15-10-16(19)8-9-17(15)21-18/h8-14,20H,3-7H2,1-2H3/t12-,13?/m0/s1. The minimum Gasteiger partial charge on any atom is -0.459 e. The second kappa shape index (κ2) is 6.53. The number of hydrogen-bond donors (Lipinski definition) is 1. The van der Waals surface area contributed by atoms with Gasteiger partial charge in [-0.1, -0.05) is 35.2 Å². The van der Waals surface area contributed by atoms with Crippen molar-refractivity contribution in [1.29, 1.82) is 0 Å². The zero-order valence-corrected chi connectivity index (χ0v) is 14.4. The molecule has 0 amide bonds. The van der Waals surface area contributed by atoms with Crippen LogP contribution in [0.1, 0.15) is 57.8 Å². The number of furan rings is 1. The summed E-state index contributed by atoms with van der Waals surface area (Å²) < 4.78 is 7.09. The van der Waals surface area contributed by atoms with Gasteiger partial charge in [-0.3, -0.25) is 0 Å². The fraction of sp³-hybridized carbons (Fsp3) is 0.556. The third kappa shape index (κ3) is 3.51. The average Bonchev–Trinajstić information content (AvgIpc) is 2.91. The summed E-state index contributed by atoms with van der Waals surface area (Å²) in [6.45, 7) is 4.53. The predicted molar refractivity (Wildman–Crippen MR) is 91.5 cm³/mol. The molecule has 2 aromatic rings. The summed E-state index contributed by atoms with van der Waals surface area (Å²) in [6.07, 6.45) is 6.94. The lowest BCUT2D eigenvalue weighted by Crippen LogP contribution is -2.36. The van der Waals surface area contributed by atoms with E-state index >= 15 is 0 Å². The van der Waals surface area contributed by atoms with Crippen molar-refractivity contribution in [3.63, 3.8) is 0 Å². The Morgan fingerprint density at radius 3 is 2.67 bits per heavy atom. The first-order valence-electron chi connectivity index (χ1n) is 8.08. The van der Waals surface area contributed by atoms with Crippen LogP contribution < -0.4 is 5.32 Å². The van der Waals surface area contributed by atoms with Crippen LogP contribution >= 0.6 is 15.9 Å². The molecule has 3 rings (SSSR count). The summed E-state index contributed by atoms with van der Waals surface area (Å²) in [7, 11) is 0. The summed E-state index contributed by atoms with van der Waals surface area (Å²) in [6, 6.07) is 9.14. The van der Waals surface area contributed by atoms with Gasteiger partial charge in [0, 0.05) is 15.9 Å². The summed E-state index contributed by atoms with van der Waals surface area (Å²) in [4.78, 5) is 0. The number of fused-ring (bicyclic) bond motifs is 1. The van der Waals surface area contributed by atoms with Gasteiger partial charge in [0.05, 0.1) is 6.04 Å². The zero-order valence-electron chi connectivity index (χ0n) is 12.9. The van der Waals surface area contributed by atoms with Gasteiger partial charge in [-0.05, 0) is 56.9 Å². The predicted octanol–water partition coefficient (Wildman–Crippen LogP) is 5.81. The molecule has 0 aliphatic heterocycles. The minimum absolute atomic E-state index is 0.258. The van der Waals surface area contributed by atoms with Crippen LogP contribution in [0.25, 0.3) is 11.0 Å². The van der Waals surface area contributed by atoms with E-state index in [1.807, 2.05) is 12.1 Å². The maximum Gasteiger partial charge on any atom is 0.134 e. The molecule has 0 spiro atoms. The Morgan fingerprint density at radius 2 is 1.90 bits per heavy atom. The van der Waals surface area contributed by atoms with Crippen molar-refractivity contribution in [3.8, 4) is 0 Å². The number of nitrogens with one attached hydrogen (secondary N) is 1. The molecule has 1 unspecified atom stereocenters. The molecule has 1 aliphatic carbocycles. The van der Waals surface area contributed by atoms with Crippen molar-refractivity contribution in [2.75, 3.05) is 0 Å². The third-order valence-corrected chi connectivity index (χ3v) is 5.29. The molecule has 2 atom stereocenters. The maximum atomic E-state index is 5.99. The zero-order chi connectivity index (χ0) is 14.8. The summed E-state index contributed by atoms with van der Waals surface area (Å²) in [5, 5.41) is 4.90. The molecule has 1 fully saturated rings. The molecule has 114 valence electrons. The molecular weight excluding hydrogens is 326 g/mol. The molecule has 1 aromatic heterocycles. The summed E-state index contributed by atoms with van der Waals surface area (Å²) >= 11 is 3.51. The fourth-order valence-electron chi connectivity index (χ4n) is 3.49. The highest BCUT2D eigenvalue weighted by atomic mass is 79.9. The van der Waals surface area contributed by atoms with E-state index in [9.17, 15) is 0 Å². The highest BCUT2D eigenvalue weighted by Gasteiger charge is 2.22. The van der Waals surface area contributed by atoms with Gasteiger partial charge in [0.2, 0.25) is 0 Å². The molecule has 0 radical (unpaired) electrons. The van der Waals surface area contributed by atoms with E-state index in [0.29, 0.717) is 6.04 Å². The van der Waals surface area contributed by atoms with Crippen molar-refractivity contribution in [1.82, 2.24) is 5.32 Å². The second-order valence-corrected chi connectivity index (χ2v) is 7.32. The van der Waals surface area contributed by atoms with Crippen LogP contribution in [-0.4, -0.2) is 6.04 Å². The van der Waals surface area contributed by atoms with Gasteiger partial charge >= 0.3 is 0 Å². The van der Waals surface area contributed by atoms with E-state index in [-0.39, 0.29) is 6.04 Å². The lowest BCUT2D eigenvalue weighted by atomic mass is 9.84. The van der Waals surface area contributed by atoms with Crippen molar-refractivity contribution >= 4 is 26.9 Å². The van der Waals surface area contributed by atoms with Gasteiger partial charge in [-0.25, -0.2) is 0 Å². The van der Waals surface area contributed by atoms with Crippen LogP contribution in [0.15, 0.2) is 33.2 Å². The molecule has 1 heterocycles. The van der Waals surface area contributed by atoms with Crippen LogP contribution in [0.2, 0.25) is 0 Å². The molecule has 2 nitrogen and oxygen atoms in total. The van der Waals surface area contributed by atoms with Crippen LogP contribution in [0.3, 0.4) is 0 Å². The van der Waals surface area contributed by atoms with E-state index in [1.165, 1.54) is 37.5 Å². The molecule has 0 saturated heterocycles. The van der Waals surface area contributed by atoms with Crippen LogP contribution in [-0.2, 0) is 0 Å². The van der Waals surface area contributed by atoms with Gasteiger partial charge in [0.15, 0.2) is 0 Å². The number of halogens is 1. The Hall–Kier alpha value is -0.800. The molecule has 3 heteroatoms. The van der Waals surface area contributed by atoms with E-state index in [4.69, 9.17) is 4.42 Å². The van der Waals surface area contributed by atoms with Crippen molar-refractivity contribution in [2.45, 2.75) is 58.0 Å². The quantitative estimate of drug-likeness (QED) is 0.752. The van der Waals surface area contributed by atoms with Gasteiger partial charge in [0.25, 0.3) is 0 Å². The summed E-state index contributed by atoms with van der Waals surface area (Å²) in [5.74, 6) is 1.85. The Bertz CT molecular complexity index is 600. The number of hydrogen-bond acceptors (Lipinski definition) is 2. The maximum absolute atomic E-state index is 5.99. The Labute approximate surface area is 135 Å². The van der Waals surface area contributed by atoms with Crippen LogP contribution in [0.4, 0.5) is 0 Å². The smallest absolute Gasteiger partial charge is 0.134 e. The van der Waals surface area contributed by atoms with Crippen molar-refractivity contribution in [2.24, 2.45) is 5.92 Å². The molecule has 21 heavy (non-hydrogen) atoms. The number of rotatable bonds is 4. The lowest BCUT2D eigenvalue weighted by molar-refractivity contribution is 0.260. The van der Waals surface area contributed by atoms with Crippen molar-refractivity contribution in [3.05, 3.63) is 34.5 Å². The first kappa shape index (κ1) is 15.1. The lowest BCUT2D eigenvalue weighted by Gasteiger charge is -2.30. The van der Waals surface area contributed by atoms with Gasteiger partial charge in [-0.2, -0.15) is 0 Å². The molecule has 1 saturated carbocycles. The highest BCUT2D eigenvalue weighted by molar-refractivity contribution is 9.10. The first-order valence-corrected chi connectivity index (χ1v) is 8.88. The fourth-order valence-corrected chi connectivity index (χ4v) is 3.87. The Morgan fingerprint density at radius 1 is 1.14 bits per heavy atom. The van der Waals surface area contributed by atoms with Crippen molar-refractivity contribution < 1.29 is 4.42 Å². The van der Waals surface area contributed by atoms with Crippen LogP contribution in [0, 0.1) is 5.92 Å². The SMILES string of the molecule is CC(N[C@@H](C)C1CCCCC1)c1cc2cc(Br)ccc2o1. The van der Waals surface area contributed by atoms with Gasteiger partial charge in [0.1, 0.15) is 11.3 Å². The molecular formula is C18H24BrNO. The third-order valence-electron chi connectivity index (χ3n) is 4.79. The second-order valence-electron chi connectivity index (χ2n) is 6.41. The van der Waals surface area contributed by atoms with E-state index in [0.717, 1.165) is 21.7 Å². The molecule has 1 N–H and O–H groups in total. The van der Waals surface area contributed by atoms with E-state index < -0.39 is 0 Å². The van der Waals surface area contributed by atoms with E-state index in [1.54, 1.807) is 0 Å².